The van der Waals surface area contributed by atoms with Crippen LogP contribution in [-0.2, 0) is 4.74 Å². The molecular formula is C18H19N5OS. The summed E-state index contributed by atoms with van der Waals surface area (Å²) in [6.45, 7) is 1.41. The largest absolute Gasteiger partial charge is 0.383 e. The summed E-state index contributed by atoms with van der Waals surface area (Å²) < 4.78 is 5.89. The molecule has 0 aromatic carbocycles. The lowest BCUT2D eigenvalue weighted by Gasteiger charge is -2.23. The Labute approximate surface area is 151 Å². The van der Waals surface area contributed by atoms with E-state index in [4.69, 9.17) is 22.7 Å². The highest BCUT2D eigenvalue weighted by atomic mass is 32.1. The van der Waals surface area contributed by atoms with Gasteiger partial charge in [0.1, 0.15) is 16.5 Å². The number of nitrogen functional groups attached to an aromatic ring is 1. The monoisotopic (exact) mass is 353 g/mol. The second kappa shape index (κ2) is 7.55. The first-order valence-corrected chi connectivity index (χ1v) is 8.48. The summed E-state index contributed by atoms with van der Waals surface area (Å²) in [5.41, 5.74) is 9.83. The van der Waals surface area contributed by atoms with E-state index in [0.29, 0.717) is 29.2 Å². The molecule has 0 spiro atoms. The van der Waals surface area contributed by atoms with Gasteiger partial charge in [0.25, 0.3) is 0 Å². The lowest BCUT2D eigenvalue weighted by molar-refractivity contribution is 0.0852. The zero-order chi connectivity index (χ0) is 17.8. The second-order valence-corrected chi connectivity index (χ2v) is 6.33. The highest BCUT2D eigenvalue weighted by molar-refractivity contribution is 7.71. The van der Waals surface area contributed by atoms with Crippen molar-refractivity contribution in [3.8, 4) is 17.3 Å². The first-order chi connectivity index (χ1) is 12.1. The number of aromatic nitrogens is 2. The van der Waals surface area contributed by atoms with E-state index in [1.807, 2.05) is 12.1 Å². The van der Waals surface area contributed by atoms with Crippen molar-refractivity contribution in [1.29, 1.82) is 5.26 Å². The van der Waals surface area contributed by atoms with Gasteiger partial charge in [-0.3, -0.25) is 4.99 Å². The van der Waals surface area contributed by atoms with E-state index in [2.05, 4.69) is 21.0 Å². The number of H-pyrrole nitrogens is 1. The SMILES string of the molecule is CN=Cc1cc(-c2cc(C3CCOCC3)c(C#N)c(=S)[nH]2)cnc1N. The number of ether oxygens (including phenoxy) is 1. The van der Waals surface area contributed by atoms with Crippen LogP contribution in [0.1, 0.15) is 35.4 Å². The van der Waals surface area contributed by atoms with Crippen LogP contribution in [0.4, 0.5) is 5.82 Å². The molecule has 0 saturated carbocycles. The molecule has 7 heteroatoms. The molecule has 0 amide bonds. The molecule has 2 aromatic rings. The van der Waals surface area contributed by atoms with Gasteiger partial charge in [0.15, 0.2) is 0 Å². The van der Waals surface area contributed by atoms with Crippen LogP contribution in [-0.4, -0.2) is 36.4 Å². The van der Waals surface area contributed by atoms with Gasteiger partial charge in [0, 0.05) is 49.5 Å². The molecular weight excluding hydrogens is 334 g/mol. The molecule has 128 valence electrons. The normalized spacial score (nSPS) is 15.4. The predicted molar refractivity (Wildman–Crippen MR) is 100 cm³/mol. The number of anilines is 1. The van der Waals surface area contributed by atoms with Crippen molar-refractivity contribution in [2.75, 3.05) is 26.0 Å². The second-order valence-electron chi connectivity index (χ2n) is 5.93. The van der Waals surface area contributed by atoms with Crippen LogP contribution in [0.2, 0.25) is 0 Å². The van der Waals surface area contributed by atoms with Gasteiger partial charge in [-0.15, -0.1) is 0 Å². The lowest BCUT2D eigenvalue weighted by atomic mass is 9.88. The number of hydrogen-bond donors (Lipinski definition) is 2. The van der Waals surface area contributed by atoms with Crippen molar-refractivity contribution in [1.82, 2.24) is 9.97 Å². The number of aromatic amines is 1. The summed E-state index contributed by atoms with van der Waals surface area (Å²) in [6, 6.07) is 6.16. The Balaban J connectivity index is 2.12. The van der Waals surface area contributed by atoms with Crippen molar-refractivity contribution in [3.05, 3.63) is 39.7 Å². The van der Waals surface area contributed by atoms with Crippen molar-refractivity contribution in [2.45, 2.75) is 18.8 Å². The Bertz CT molecular complexity index is 907. The number of nitrogens with two attached hydrogens (primary N) is 1. The topological polar surface area (TPSA) is 100 Å². The Hall–Kier alpha value is -2.56. The van der Waals surface area contributed by atoms with E-state index >= 15 is 0 Å². The summed E-state index contributed by atoms with van der Waals surface area (Å²) in [7, 11) is 1.69. The average molecular weight is 353 g/mol. The fourth-order valence-corrected chi connectivity index (χ4v) is 3.34. The number of hydrogen-bond acceptors (Lipinski definition) is 6. The summed E-state index contributed by atoms with van der Waals surface area (Å²) >= 11 is 5.42. The summed E-state index contributed by atoms with van der Waals surface area (Å²) in [5.74, 6) is 0.697. The maximum Gasteiger partial charge on any atom is 0.132 e. The first-order valence-electron chi connectivity index (χ1n) is 8.07. The zero-order valence-electron chi connectivity index (χ0n) is 14.0. The van der Waals surface area contributed by atoms with E-state index in [1.54, 1.807) is 19.5 Å². The van der Waals surface area contributed by atoms with Crippen LogP contribution < -0.4 is 5.73 Å². The summed E-state index contributed by atoms with van der Waals surface area (Å²) in [5, 5.41) is 9.53. The molecule has 0 aliphatic carbocycles. The van der Waals surface area contributed by atoms with Gasteiger partial charge in [-0.05, 0) is 36.5 Å². The average Bonchev–Trinajstić information content (AvgIpc) is 2.64. The van der Waals surface area contributed by atoms with Crippen molar-refractivity contribution in [2.24, 2.45) is 4.99 Å². The van der Waals surface area contributed by atoms with Crippen LogP contribution in [0, 0.1) is 16.0 Å². The number of aliphatic imine (C=N–C) groups is 1. The van der Waals surface area contributed by atoms with E-state index in [0.717, 1.165) is 35.2 Å². The Morgan fingerprint density at radius 3 is 2.88 bits per heavy atom. The molecule has 25 heavy (non-hydrogen) atoms. The fraction of sp³-hybridized carbons (Fsp3) is 0.333. The zero-order valence-corrected chi connectivity index (χ0v) is 14.8. The van der Waals surface area contributed by atoms with Gasteiger partial charge in [0.05, 0.1) is 5.56 Å². The highest BCUT2D eigenvalue weighted by Gasteiger charge is 2.21. The fourth-order valence-electron chi connectivity index (χ4n) is 3.06. The molecule has 3 heterocycles. The quantitative estimate of drug-likeness (QED) is 0.652. The third kappa shape index (κ3) is 3.60. The maximum atomic E-state index is 9.53. The third-order valence-corrected chi connectivity index (χ3v) is 4.67. The van der Waals surface area contributed by atoms with Gasteiger partial charge < -0.3 is 15.5 Å². The van der Waals surface area contributed by atoms with E-state index in [1.165, 1.54) is 0 Å². The van der Waals surface area contributed by atoms with Crippen molar-refractivity contribution in [3.63, 3.8) is 0 Å². The number of rotatable bonds is 3. The molecule has 0 unspecified atom stereocenters. The van der Waals surface area contributed by atoms with E-state index in [-0.39, 0.29) is 5.92 Å². The Kier molecular flexibility index (Phi) is 5.22. The Morgan fingerprint density at radius 2 is 2.20 bits per heavy atom. The molecule has 1 aliphatic heterocycles. The van der Waals surface area contributed by atoms with Gasteiger partial charge in [0.2, 0.25) is 0 Å². The minimum absolute atomic E-state index is 0.275. The van der Waals surface area contributed by atoms with E-state index in [9.17, 15) is 5.26 Å². The molecule has 1 saturated heterocycles. The lowest BCUT2D eigenvalue weighted by Crippen LogP contribution is -2.15. The predicted octanol–water partition coefficient (Wildman–Crippen LogP) is 3.20. The third-order valence-electron chi connectivity index (χ3n) is 4.37. The van der Waals surface area contributed by atoms with Crippen LogP contribution in [0.25, 0.3) is 11.3 Å². The number of nitrogens with zero attached hydrogens (tertiary/aromatic N) is 3. The molecule has 1 aliphatic rings. The first kappa shape index (κ1) is 17.3. The number of nitriles is 1. The van der Waals surface area contributed by atoms with Crippen LogP contribution in [0.5, 0.6) is 0 Å². The van der Waals surface area contributed by atoms with Gasteiger partial charge >= 0.3 is 0 Å². The molecule has 3 rings (SSSR count). The van der Waals surface area contributed by atoms with E-state index < -0.39 is 0 Å². The van der Waals surface area contributed by atoms with Gasteiger partial charge in [-0.1, -0.05) is 12.2 Å². The molecule has 1 fully saturated rings. The molecule has 2 aromatic heterocycles. The smallest absolute Gasteiger partial charge is 0.132 e. The van der Waals surface area contributed by atoms with Crippen LogP contribution in [0.3, 0.4) is 0 Å². The van der Waals surface area contributed by atoms with Gasteiger partial charge in [-0.2, -0.15) is 5.26 Å². The molecule has 0 atom stereocenters. The van der Waals surface area contributed by atoms with Crippen LogP contribution in [0.15, 0.2) is 23.3 Å². The van der Waals surface area contributed by atoms with Crippen molar-refractivity contribution >= 4 is 24.3 Å². The number of nitrogens with one attached hydrogen (secondary N) is 1. The molecule has 3 N–H and O–H groups in total. The minimum atomic E-state index is 0.275. The Morgan fingerprint density at radius 1 is 1.44 bits per heavy atom. The molecule has 0 bridgehead atoms. The minimum Gasteiger partial charge on any atom is -0.383 e. The molecule has 6 nitrogen and oxygen atoms in total. The summed E-state index contributed by atoms with van der Waals surface area (Å²) in [6.07, 6.45) is 5.15. The van der Waals surface area contributed by atoms with Crippen molar-refractivity contribution < 1.29 is 4.74 Å². The maximum absolute atomic E-state index is 9.53. The van der Waals surface area contributed by atoms with Gasteiger partial charge in [-0.25, -0.2) is 4.98 Å². The van der Waals surface area contributed by atoms with Crippen LogP contribution >= 0.6 is 12.2 Å². The number of pyridine rings is 2. The highest BCUT2D eigenvalue weighted by Crippen LogP contribution is 2.32. The standard InChI is InChI=1S/C18H19N5OS/c1-21-9-13-6-12(10-22-17(13)20)16-7-14(11-2-4-24-5-3-11)15(8-19)18(25)23-16/h6-7,9-11H,2-5H2,1H3,(H2,20,22)(H,23,25). The summed E-state index contributed by atoms with van der Waals surface area (Å²) in [4.78, 5) is 11.4. The molecule has 0 radical (unpaired) electrons.